The largest absolute Gasteiger partial charge is 0.495 e. The highest BCUT2D eigenvalue weighted by molar-refractivity contribution is 6.31. The number of methoxy groups -OCH3 is 1. The smallest absolute Gasteiger partial charge is 0.229 e. The molecule has 0 aliphatic carbocycles. The predicted octanol–water partition coefficient (Wildman–Crippen LogP) is 5.24. The Morgan fingerprint density at radius 3 is 2.48 bits per heavy atom. The first-order chi connectivity index (χ1) is 12.1. The van der Waals surface area contributed by atoms with E-state index in [0.717, 1.165) is 22.5 Å². The number of rotatable bonds is 5. The minimum absolute atomic E-state index is 0.517. The van der Waals surface area contributed by atoms with Gasteiger partial charge < -0.3 is 15.4 Å². The number of nitrogens with zero attached hydrogens (tertiary/aromatic N) is 2. The van der Waals surface area contributed by atoms with Crippen molar-refractivity contribution in [1.82, 2.24) is 9.97 Å². The van der Waals surface area contributed by atoms with Gasteiger partial charge in [0.25, 0.3) is 0 Å². The molecule has 1 aromatic heterocycles. The Bertz CT molecular complexity index is 878. The lowest BCUT2D eigenvalue weighted by Gasteiger charge is -2.13. The fraction of sp³-hybridized carbons (Fsp3) is 0.158. The summed E-state index contributed by atoms with van der Waals surface area (Å²) in [5, 5.41) is 7.12. The molecule has 0 bridgehead atoms. The maximum Gasteiger partial charge on any atom is 0.229 e. The molecule has 0 saturated heterocycles. The van der Waals surface area contributed by atoms with Crippen LogP contribution in [-0.2, 0) is 0 Å². The van der Waals surface area contributed by atoms with Crippen molar-refractivity contribution in [3.8, 4) is 5.75 Å². The molecule has 0 radical (unpaired) electrons. The highest BCUT2D eigenvalue weighted by Crippen LogP contribution is 2.30. The first-order valence-electron chi connectivity index (χ1n) is 7.83. The van der Waals surface area contributed by atoms with E-state index in [4.69, 9.17) is 16.3 Å². The van der Waals surface area contributed by atoms with E-state index in [1.165, 1.54) is 0 Å². The number of hydrogen-bond donors (Lipinski definition) is 2. The number of halogens is 1. The number of benzene rings is 2. The molecule has 0 fully saturated rings. The van der Waals surface area contributed by atoms with Gasteiger partial charge in [-0.25, -0.2) is 4.98 Å². The number of ether oxygens (including phenoxy) is 1. The summed E-state index contributed by atoms with van der Waals surface area (Å²) in [5.41, 5.74) is 4.03. The van der Waals surface area contributed by atoms with Gasteiger partial charge in [0, 0.05) is 16.9 Å². The summed E-state index contributed by atoms with van der Waals surface area (Å²) in [7, 11) is 1.61. The standard InChI is InChI=1S/C19H19ClN4O/c1-12-5-4-6-13(2)18(12)24-19-21-10-9-17(23-19)22-15-11-14(20)7-8-16(15)25-3/h4-11H,1-3H3,(H2,21,22,23,24). The molecule has 0 unspecified atom stereocenters. The van der Waals surface area contributed by atoms with Crippen molar-refractivity contribution < 1.29 is 4.74 Å². The monoisotopic (exact) mass is 354 g/mol. The Balaban J connectivity index is 1.86. The molecule has 0 saturated carbocycles. The molecule has 0 aliphatic rings. The topological polar surface area (TPSA) is 59.1 Å². The highest BCUT2D eigenvalue weighted by atomic mass is 35.5. The molecule has 128 valence electrons. The second-order valence-electron chi connectivity index (χ2n) is 5.63. The first kappa shape index (κ1) is 17.0. The third kappa shape index (κ3) is 4.00. The molecule has 3 rings (SSSR count). The molecule has 0 amide bonds. The van der Waals surface area contributed by atoms with E-state index < -0.39 is 0 Å². The second kappa shape index (κ2) is 7.40. The average Bonchev–Trinajstić information content (AvgIpc) is 2.59. The summed E-state index contributed by atoms with van der Waals surface area (Å²) in [6.07, 6.45) is 1.70. The average molecular weight is 355 g/mol. The number of aryl methyl sites for hydroxylation is 2. The number of anilines is 4. The van der Waals surface area contributed by atoms with Crippen LogP contribution >= 0.6 is 11.6 Å². The van der Waals surface area contributed by atoms with E-state index in [2.05, 4.69) is 20.6 Å². The van der Waals surface area contributed by atoms with Crippen LogP contribution in [0.4, 0.5) is 23.1 Å². The quantitative estimate of drug-likeness (QED) is 0.656. The maximum atomic E-state index is 6.07. The zero-order valence-corrected chi connectivity index (χ0v) is 15.1. The van der Waals surface area contributed by atoms with Gasteiger partial charge in [0.15, 0.2) is 0 Å². The zero-order valence-electron chi connectivity index (χ0n) is 14.3. The molecular weight excluding hydrogens is 336 g/mol. The Morgan fingerprint density at radius 1 is 1.00 bits per heavy atom. The van der Waals surface area contributed by atoms with Crippen molar-refractivity contribution in [1.29, 1.82) is 0 Å². The second-order valence-corrected chi connectivity index (χ2v) is 6.06. The number of hydrogen-bond acceptors (Lipinski definition) is 5. The Hall–Kier alpha value is -2.79. The summed E-state index contributed by atoms with van der Waals surface area (Å²) in [6.45, 7) is 4.10. The van der Waals surface area contributed by atoms with Gasteiger partial charge in [-0.15, -0.1) is 0 Å². The molecule has 5 nitrogen and oxygen atoms in total. The third-order valence-corrected chi connectivity index (χ3v) is 4.03. The molecule has 2 aromatic carbocycles. The number of nitrogens with one attached hydrogen (secondary N) is 2. The first-order valence-corrected chi connectivity index (χ1v) is 8.21. The number of para-hydroxylation sites is 1. The Morgan fingerprint density at radius 2 is 1.76 bits per heavy atom. The van der Waals surface area contributed by atoms with Gasteiger partial charge in [0.2, 0.25) is 5.95 Å². The minimum atomic E-state index is 0.517. The molecule has 3 aromatic rings. The van der Waals surface area contributed by atoms with Crippen LogP contribution in [0, 0.1) is 13.8 Å². The fourth-order valence-electron chi connectivity index (χ4n) is 2.53. The van der Waals surface area contributed by atoms with Crippen LogP contribution in [0.2, 0.25) is 5.02 Å². The number of aromatic nitrogens is 2. The van der Waals surface area contributed by atoms with Gasteiger partial charge in [0.05, 0.1) is 12.8 Å². The molecule has 0 atom stereocenters. The predicted molar refractivity (Wildman–Crippen MR) is 103 cm³/mol. The van der Waals surface area contributed by atoms with E-state index in [1.54, 1.807) is 31.5 Å². The lowest BCUT2D eigenvalue weighted by Crippen LogP contribution is -2.03. The van der Waals surface area contributed by atoms with Crippen molar-refractivity contribution in [2.45, 2.75) is 13.8 Å². The van der Waals surface area contributed by atoms with Crippen molar-refractivity contribution in [2.24, 2.45) is 0 Å². The fourth-order valence-corrected chi connectivity index (χ4v) is 2.70. The SMILES string of the molecule is COc1ccc(Cl)cc1Nc1ccnc(Nc2c(C)cccc2C)n1. The summed E-state index contributed by atoms with van der Waals surface area (Å²) < 4.78 is 5.35. The summed E-state index contributed by atoms with van der Waals surface area (Å²) >= 11 is 6.07. The van der Waals surface area contributed by atoms with E-state index in [9.17, 15) is 0 Å². The lowest BCUT2D eigenvalue weighted by atomic mass is 10.1. The summed E-state index contributed by atoms with van der Waals surface area (Å²) in [4.78, 5) is 8.82. The lowest BCUT2D eigenvalue weighted by molar-refractivity contribution is 0.417. The van der Waals surface area contributed by atoms with Gasteiger partial charge in [0.1, 0.15) is 11.6 Å². The van der Waals surface area contributed by atoms with Crippen LogP contribution in [0.15, 0.2) is 48.7 Å². The molecule has 2 N–H and O–H groups in total. The van der Waals surface area contributed by atoms with Crippen molar-refractivity contribution in [3.63, 3.8) is 0 Å². The van der Waals surface area contributed by atoms with Crippen LogP contribution in [0.5, 0.6) is 5.75 Å². The van der Waals surface area contributed by atoms with Gasteiger partial charge in [-0.3, -0.25) is 0 Å². The van der Waals surface area contributed by atoms with Crippen LogP contribution < -0.4 is 15.4 Å². The molecule has 6 heteroatoms. The normalized spacial score (nSPS) is 10.4. The van der Waals surface area contributed by atoms with Gasteiger partial charge >= 0.3 is 0 Å². The Labute approximate surface area is 152 Å². The van der Waals surface area contributed by atoms with E-state index >= 15 is 0 Å². The summed E-state index contributed by atoms with van der Waals surface area (Å²) in [6, 6.07) is 13.3. The molecule has 1 heterocycles. The van der Waals surface area contributed by atoms with Crippen molar-refractivity contribution in [3.05, 3.63) is 64.8 Å². The van der Waals surface area contributed by atoms with Gasteiger partial charge in [-0.1, -0.05) is 29.8 Å². The van der Waals surface area contributed by atoms with Gasteiger partial charge in [-0.05, 0) is 49.2 Å². The minimum Gasteiger partial charge on any atom is -0.495 e. The van der Waals surface area contributed by atoms with Crippen LogP contribution in [0.3, 0.4) is 0 Å². The maximum absolute atomic E-state index is 6.07. The van der Waals surface area contributed by atoms with E-state index in [0.29, 0.717) is 22.5 Å². The van der Waals surface area contributed by atoms with Crippen molar-refractivity contribution >= 4 is 34.7 Å². The summed E-state index contributed by atoms with van der Waals surface area (Å²) in [5.74, 6) is 1.85. The van der Waals surface area contributed by atoms with Gasteiger partial charge in [-0.2, -0.15) is 4.98 Å². The molecular formula is C19H19ClN4O. The van der Waals surface area contributed by atoms with Crippen LogP contribution in [0.25, 0.3) is 0 Å². The highest BCUT2D eigenvalue weighted by Gasteiger charge is 2.08. The molecule has 25 heavy (non-hydrogen) atoms. The zero-order chi connectivity index (χ0) is 17.8. The van der Waals surface area contributed by atoms with Crippen molar-refractivity contribution in [2.75, 3.05) is 17.7 Å². The molecule has 0 aliphatic heterocycles. The Kier molecular flexibility index (Phi) is 5.05. The van der Waals surface area contributed by atoms with E-state index in [-0.39, 0.29) is 0 Å². The van der Waals surface area contributed by atoms with Crippen LogP contribution in [-0.4, -0.2) is 17.1 Å². The molecule has 0 spiro atoms. The third-order valence-electron chi connectivity index (χ3n) is 3.80. The van der Waals surface area contributed by atoms with E-state index in [1.807, 2.05) is 38.1 Å². The van der Waals surface area contributed by atoms with Crippen LogP contribution in [0.1, 0.15) is 11.1 Å².